The highest BCUT2D eigenvalue weighted by Gasteiger charge is 2.38. The van der Waals surface area contributed by atoms with Crippen molar-refractivity contribution in [3.05, 3.63) is 0 Å². The van der Waals surface area contributed by atoms with Crippen LogP contribution in [0.4, 0.5) is 0 Å². The second kappa shape index (κ2) is 5.89. The van der Waals surface area contributed by atoms with Crippen molar-refractivity contribution in [2.75, 3.05) is 27.2 Å². The average Bonchev–Trinajstić information content (AvgIpc) is 2.72. The van der Waals surface area contributed by atoms with Crippen LogP contribution in [0, 0.1) is 5.92 Å². The van der Waals surface area contributed by atoms with E-state index in [2.05, 4.69) is 38.2 Å². The van der Waals surface area contributed by atoms with Gasteiger partial charge in [-0.05, 0) is 46.2 Å². The highest BCUT2D eigenvalue weighted by molar-refractivity contribution is 4.96. The van der Waals surface area contributed by atoms with Crippen LogP contribution in [0.2, 0.25) is 0 Å². The van der Waals surface area contributed by atoms with Crippen LogP contribution in [0.25, 0.3) is 0 Å². The van der Waals surface area contributed by atoms with Crippen molar-refractivity contribution in [2.45, 2.75) is 63.6 Å². The van der Waals surface area contributed by atoms with Gasteiger partial charge in [-0.3, -0.25) is 0 Å². The fourth-order valence-electron chi connectivity index (χ4n) is 3.68. The first-order valence-corrected chi connectivity index (χ1v) is 7.56. The predicted molar refractivity (Wildman–Crippen MR) is 75.9 cm³/mol. The Balaban J connectivity index is 1.93. The van der Waals surface area contributed by atoms with Crippen LogP contribution < -0.4 is 5.32 Å². The van der Waals surface area contributed by atoms with Crippen molar-refractivity contribution in [3.8, 4) is 0 Å². The van der Waals surface area contributed by atoms with E-state index in [1.54, 1.807) is 0 Å². The highest BCUT2D eigenvalue weighted by atomic mass is 16.5. The topological polar surface area (TPSA) is 24.5 Å². The van der Waals surface area contributed by atoms with E-state index in [9.17, 15) is 0 Å². The SMILES string of the molecule is CC1CCCC(CNC2CCOC2C)(N(C)C)C1. The van der Waals surface area contributed by atoms with Gasteiger partial charge in [-0.25, -0.2) is 0 Å². The number of likely N-dealkylation sites (N-methyl/N-ethyl adjacent to an activating group) is 1. The van der Waals surface area contributed by atoms with Gasteiger partial charge in [0.1, 0.15) is 0 Å². The Labute approximate surface area is 112 Å². The molecule has 1 saturated carbocycles. The van der Waals surface area contributed by atoms with Gasteiger partial charge in [0.15, 0.2) is 0 Å². The molecule has 0 amide bonds. The monoisotopic (exact) mass is 254 g/mol. The lowest BCUT2D eigenvalue weighted by Crippen LogP contribution is -2.56. The molecule has 106 valence electrons. The molecule has 3 nitrogen and oxygen atoms in total. The molecule has 4 unspecified atom stereocenters. The van der Waals surface area contributed by atoms with Crippen LogP contribution in [0.3, 0.4) is 0 Å². The van der Waals surface area contributed by atoms with Crippen LogP contribution in [0.5, 0.6) is 0 Å². The minimum Gasteiger partial charge on any atom is -0.377 e. The van der Waals surface area contributed by atoms with Gasteiger partial charge >= 0.3 is 0 Å². The molecule has 4 atom stereocenters. The summed E-state index contributed by atoms with van der Waals surface area (Å²) in [6, 6.07) is 0.555. The van der Waals surface area contributed by atoms with Crippen molar-refractivity contribution in [2.24, 2.45) is 5.92 Å². The fraction of sp³-hybridized carbons (Fsp3) is 1.00. The number of nitrogens with one attached hydrogen (secondary N) is 1. The molecule has 2 fully saturated rings. The number of hydrogen-bond donors (Lipinski definition) is 1. The van der Waals surface area contributed by atoms with Gasteiger partial charge in [-0.1, -0.05) is 19.8 Å². The van der Waals surface area contributed by atoms with Gasteiger partial charge in [-0.15, -0.1) is 0 Å². The van der Waals surface area contributed by atoms with Crippen molar-refractivity contribution in [3.63, 3.8) is 0 Å². The lowest BCUT2D eigenvalue weighted by Gasteiger charge is -2.46. The van der Waals surface area contributed by atoms with Gasteiger partial charge in [0.05, 0.1) is 6.10 Å². The molecule has 0 spiro atoms. The average molecular weight is 254 g/mol. The summed E-state index contributed by atoms with van der Waals surface area (Å²) >= 11 is 0. The summed E-state index contributed by atoms with van der Waals surface area (Å²) in [5.74, 6) is 0.861. The molecule has 0 aromatic carbocycles. The second-order valence-electron chi connectivity index (χ2n) is 6.67. The third-order valence-electron chi connectivity index (χ3n) is 5.09. The Morgan fingerprint density at radius 1 is 1.28 bits per heavy atom. The van der Waals surface area contributed by atoms with E-state index < -0.39 is 0 Å². The van der Waals surface area contributed by atoms with E-state index in [0.717, 1.165) is 19.1 Å². The Kier molecular flexibility index (Phi) is 4.68. The highest BCUT2D eigenvalue weighted by Crippen LogP contribution is 2.35. The smallest absolute Gasteiger partial charge is 0.0700 e. The number of ether oxygens (including phenoxy) is 1. The molecule has 3 heteroatoms. The number of nitrogens with zero attached hydrogens (tertiary/aromatic N) is 1. The zero-order chi connectivity index (χ0) is 13.2. The molecule has 1 N–H and O–H groups in total. The maximum atomic E-state index is 5.64. The van der Waals surface area contributed by atoms with E-state index in [1.165, 1.54) is 32.1 Å². The summed E-state index contributed by atoms with van der Waals surface area (Å²) < 4.78 is 5.64. The summed E-state index contributed by atoms with van der Waals surface area (Å²) in [7, 11) is 4.49. The molecule has 18 heavy (non-hydrogen) atoms. The summed E-state index contributed by atoms with van der Waals surface area (Å²) in [5, 5.41) is 3.78. The lowest BCUT2D eigenvalue weighted by molar-refractivity contribution is 0.0650. The zero-order valence-electron chi connectivity index (χ0n) is 12.5. The molecule has 0 aromatic heterocycles. The molecule has 1 saturated heterocycles. The first-order chi connectivity index (χ1) is 8.53. The quantitative estimate of drug-likeness (QED) is 0.833. The molecule has 1 heterocycles. The lowest BCUT2D eigenvalue weighted by atomic mass is 9.75. The van der Waals surface area contributed by atoms with E-state index in [-0.39, 0.29) is 0 Å². The van der Waals surface area contributed by atoms with Crippen LogP contribution >= 0.6 is 0 Å². The van der Waals surface area contributed by atoms with Crippen LogP contribution in [-0.2, 0) is 4.74 Å². The maximum absolute atomic E-state index is 5.64. The van der Waals surface area contributed by atoms with Gasteiger partial charge in [0, 0.05) is 24.7 Å². The van der Waals surface area contributed by atoms with Crippen molar-refractivity contribution in [1.29, 1.82) is 0 Å². The van der Waals surface area contributed by atoms with Crippen LogP contribution in [0.1, 0.15) is 46.0 Å². The van der Waals surface area contributed by atoms with Gasteiger partial charge < -0.3 is 15.0 Å². The maximum Gasteiger partial charge on any atom is 0.0700 e. The molecule has 1 aliphatic carbocycles. The molecule has 0 radical (unpaired) electrons. The van der Waals surface area contributed by atoms with Crippen LogP contribution in [-0.4, -0.2) is 49.8 Å². The van der Waals surface area contributed by atoms with Crippen molar-refractivity contribution in [1.82, 2.24) is 10.2 Å². The van der Waals surface area contributed by atoms with Gasteiger partial charge in [0.25, 0.3) is 0 Å². The van der Waals surface area contributed by atoms with Gasteiger partial charge in [-0.2, -0.15) is 0 Å². The standard InChI is InChI=1S/C15H30N2O/c1-12-6-5-8-15(10-12,17(3)4)11-16-14-7-9-18-13(14)2/h12-14,16H,5-11H2,1-4H3. The second-order valence-corrected chi connectivity index (χ2v) is 6.67. The minimum atomic E-state index is 0.361. The van der Waals surface area contributed by atoms with E-state index in [0.29, 0.717) is 17.7 Å². The molecule has 2 aliphatic rings. The molecule has 0 bridgehead atoms. The van der Waals surface area contributed by atoms with E-state index in [4.69, 9.17) is 4.74 Å². The minimum absolute atomic E-state index is 0.361. The summed E-state index contributed by atoms with van der Waals surface area (Å²) in [4.78, 5) is 2.45. The van der Waals surface area contributed by atoms with Crippen molar-refractivity contribution >= 4 is 0 Å². The zero-order valence-corrected chi connectivity index (χ0v) is 12.5. The normalized spacial score (nSPS) is 41.5. The number of hydrogen-bond acceptors (Lipinski definition) is 3. The van der Waals surface area contributed by atoms with E-state index in [1.807, 2.05) is 0 Å². The third kappa shape index (κ3) is 3.06. The Hall–Kier alpha value is -0.120. The molecule has 1 aliphatic heterocycles. The summed E-state index contributed by atoms with van der Waals surface area (Å²) in [5.41, 5.74) is 0.361. The Morgan fingerprint density at radius 3 is 2.61 bits per heavy atom. The number of rotatable bonds is 4. The molecular formula is C15H30N2O. The van der Waals surface area contributed by atoms with Crippen LogP contribution in [0.15, 0.2) is 0 Å². The molecule has 0 aromatic rings. The van der Waals surface area contributed by atoms with Crippen molar-refractivity contribution < 1.29 is 4.74 Å². The first-order valence-electron chi connectivity index (χ1n) is 7.56. The largest absolute Gasteiger partial charge is 0.377 e. The molecule has 2 rings (SSSR count). The molecular weight excluding hydrogens is 224 g/mol. The summed E-state index contributed by atoms with van der Waals surface area (Å²) in [6.45, 7) is 6.63. The third-order valence-corrected chi connectivity index (χ3v) is 5.09. The van der Waals surface area contributed by atoms with Gasteiger partial charge in [0.2, 0.25) is 0 Å². The fourth-order valence-corrected chi connectivity index (χ4v) is 3.68. The predicted octanol–water partition coefficient (Wildman–Crippen LogP) is 2.26. The van der Waals surface area contributed by atoms with E-state index >= 15 is 0 Å². The first kappa shape index (κ1) is 14.3. The summed E-state index contributed by atoms with van der Waals surface area (Å²) in [6.07, 6.45) is 6.98. The Bertz CT molecular complexity index is 269. The Morgan fingerprint density at radius 2 is 2.06 bits per heavy atom.